The summed E-state index contributed by atoms with van der Waals surface area (Å²) in [5.74, 6) is 0. The van der Waals surface area contributed by atoms with E-state index in [4.69, 9.17) is 6.11 Å². The van der Waals surface area contributed by atoms with Crippen LogP contribution in [0.25, 0.3) is 0 Å². The number of rotatable bonds is 1. The van der Waals surface area contributed by atoms with Crippen molar-refractivity contribution in [2.24, 2.45) is 0 Å². The van der Waals surface area contributed by atoms with E-state index in [9.17, 15) is 0 Å². The molecule has 2 heteroatoms. The summed E-state index contributed by atoms with van der Waals surface area (Å²) in [5, 5.41) is 0. The lowest BCUT2D eigenvalue weighted by atomic mass is 10.1. The zero-order valence-corrected chi connectivity index (χ0v) is 6.25. The first kappa shape index (κ1) is 5.56. The topological polar surface area (TPSA) is 12.5 Å². The third kappa shape index (κ3) is 1.18. The molecule has 0 bridgehead atoms. The largest absolute Gasteiger partial charge is 0.378 e. The Bertz CT molecular complexity index is 138. The van der Waals surface area contributed by atoms with Crippen LogP contribution in [-0.2, 0) is 4.74 Å². The monoisotopic (exact) mass is 142 g/mol. The van der Waals surface area contributed by atoms with E-state index >= 15 is 0 Å². The van der Waals surface area contributed by atoms with E-state index in [1.165, 1.54) is 13.0 Å². The smallest absolute Gasteiger partial charge is 0.0645 e. The van der Waals surface area contributed by atoms with Gasteiger partial charge in [-0.15, -0.1) is 0 Å². The van der Waals surface area contributed by atoms with Gasteiger partial charge in [0.2, 0.25) is 0 Å². The van der Waals surface area contributed by atoms with Crippen LogP contribution in [0.5, 0.6) is 0 Å². The molecule has 0 saturated carbocycles. The molecular weight excluding hydrogens is 126 g/mol. The van der Waals surface area contributed by atoms with Gasteiger partial charge in [-0.2, -0.15) is 0 Å². The first-order valence-electron chi connectivity index (χ1n) is 4.68. The minimum absolute atomic E-state index is 0.157. The molecule has 0 radical (unpaired) electrons. The van der Waals surface area contributed by atoms with Gasteiger partial charge in [0.15, 0.2) is 0 Å². The molecule has 10 heavy (non-hydrogen) atoms. The summed E-state index contributed by atoms with van der Waals surface area (Å²) in [7, 11) is 0. The van der Waals surface area contributed by atoms with Crippen molar-refractivity contribution in [3.63, 3.8) is 0 Å². The minimum Gasteiger partial charge on any atom is -0.378 e. The Labute approximate surface area is 63.6 Å². The van der Waals surface area contributed by atoms with Gasteiger partial charge in [-0.25, -0.2) is 0 Å². The SMILES string of the molecule is [2H]C1CCCN(C2COC2)C1. The predicted molar refractivity (Wildman–Crippen MR) is 40.0 cm³/mol. The van der Waals surface area contributed by atoms with Crippen LogP contribution in [0.1, 0.15) is 20.6 Å². The van der Waals surface area contributed by atoms with Gasteiger partial charge in [-0.1, -0.05) is 6.42 Å². The normalized spacial score (nSPS) is 38.8. The van der Waals surface area contributed by atoms with Gasteiger partial charge in [-0.3, -0.25) is 4.90 Å². The third-order valence-corrected chi connectivity index (χ3v) is 2.35. The van der Waals surface area contributed by atoms with Crippen molar-refractivity contribution in [1.82, 2.24) is 4.90 Å². The molecule has 2 fully saturated rings. The predicted octanol–water partition coefficient (Wildman–Crippen LogP) is 0.871. The van der Waals surface area contributed by atoms with Gasteiger partial charge in [-0.05, 0) is 25.9 Å². The van der Waals surface area contributed by atoms with Gasteiger partial charge in [0.05, 0.1) is 19.3 Å². The van der Waals surface area contributed by atoms with Crippen molar-refractivity contribution in [2.75, 3.05) is 26.3 Å². The number of hydrogen-bond donors (Lipinski definition) is 0. The molecule has 2 aliphatic heterocycles. The van der Waals surface area contributed by atoms with Crippen molar-refractivity contribution < 1.29 is 6.11 Å². The summed E-state index contributed by atoms with van der Waals surface area (Å²) in [6, 6.07) is 0.642. The van der Waals surface area contributed by atoms with Crippen molar-refractivity contribution in [2.45, 2.75) is 25.3 Å². The van der Waals surface area contributed by atoms with E-state index < -0.39 is 0 Å². The highest BCUT2D eigenvalue weighted by molar-refractivity contribution is 4.79. The fraction of sp³-hybridized carbons (Fsp3) is 1.00. The average Bonchev–Trinajstić information content (AvgIpc) is 1.83. The zero-order chi connectivity index (χ0) is 7.68. The van der Waals surface area contributed by atoms with Gasteiger partial charge >= 0.3 is 0 Å². The van der Waals surface area contributed by atoms with E-state index in [0.717, 1.165) is 26.2 Å². The molecule has 2 saturated heterocycles. The summed E-state index contributed by atoms with van der Waals surface area (Å²) in [5.41, 5.74) is 0. The van der Waals surface area contributed by atoms with Gasteiger partial charge in [0.1, 0.15) is 0 Å². The van der Waals surface area contributed by atoms with Crippen LogP contribution in [0.3, 0.4) is 0 Å². The van der Waals surface area contributed by atoms with Crippen molar-refractivity contribution in [1.29, 1.82) is 0 Å². The summed E-state index contributed by atoms with van der Waals surface area (Å²) in [6.07, 6.45) is 2.44. The molecule has 2 nitrogen and oxygen atoms in total. The molecule has 1 unspecified atom stereocenters. The van der Waals surface area contributed by atoms with Crippen LogP contribution < -0.4 is 0 Å². The number of ether oxygens (including phenoxy) is 1. The Morgan fingerprint density at radius 3 is 2.80 bits per heavy atom. The molecule has 0 aromatic heterocycles. The summed E-state index contributed by atoms with van der Waals surface area (Å²) >= 11 is 0. The zero-order valence-electron chi connectivity index (χ0n) is 7.25. The summed E-state index contributed by atoms with van der Waals surface area (Å²) < 4.78 is 12.7. The van der Waals surface area contributed by atoms with Gasteiger partial charge in [0.25, 0.3) is 0 Å². The van der Waals surface area contributed by atoms with E-state index in [1.807, 2.05) is 0 Å². The second-order valence-corrected chi connectivity index (χ2v) is 3.12. The maximum absolute atomic E-state index is 7.61. The Kier molecular flexibility index (Phi) is 1.60. The van der Waals surface area contributed by atoms with Crippen LogP contribution in [0.2, 0.25) is 0 Å². The quantitative estimate of drug-likeness (QED) is 0.538. The highest BCUT2D eigenvalue weighted by atomic mass is 16.5. The number of piperidine rings is 1. The molecule has 2 rings (SSSR count). The van der Waals surface area contributed by atoms with E-state index in [-0.39, 0.29) is 6.40 Å². The summed E-state index contributed by atoms with van der Waals surface area (Å²) in [6.45, 7) is 3.94. The number of likely N-dealkylation sites (tertiary alicyclic amines) is 1. The van der Waals surface area contributed by atoms with Crippen molar-refractivity contribution in [3.8, 4) is 0 Å². The third-order valence-electron chi connectivity index (χ3n) is 2.35. The molecule has 2 aliphatic rings. The number of nitrogens with zero attached hydrogens (tertiary/aromatic N) is 1. The molecule has 0 aliphatic carbocycles. The second kappa shape index (κ2) is 2.89. The molecule has 0 aromatic carbocycles. The van der Waals surface area contributed by atoms with Crippen LogP contribution in [-0.4, -0.2) is 37.2 Å². The molecule has 0 spiro atoms. The molecule has 2 heterocycles. The molecule has 0 amide bonds. The molecule has 1 atom stereocenters. The first-order chi connectivity index (χ1) is 5.36. The summed E-state index contributed by atoms with van der Waals surface area (Å²) in [4.78, 5) is 2.41. The van der Waals surface area contributed by atoms with Crippen molar-refractivity contribution >= 4 is 0 Å². The van der Waals surface area contributed by atoms with E-state index in [2.05, 4.69) is 4.90 Å². The Morgan fingerprint density at radius 1 is 1.30 bits per heavy atom. The lowest BCUT2D eigenvalue weighted by molar-refractivity contribution is -0.0698. The Balaban J connectivity index is 1.82. The lowest BCUT2D eigenvalue weighted by Crippen LogP contribution is -2.50. The fourth-order valence-corrected chi connectivity index (χ4v) is 1.55. The van der Waals surface area contributed by atoms with Crippen LogP contribution >= 0.6 is 0 Å². The minimum atomic E-state index is 0.157. The van der Waals surface area contributed by atoms with Gasteiger partial charge in [0, 0.05) is 1.37 Å². The van der Waals surface area contributed by atoms with E-state index in [1.54, 1.807) is 0 Å². The molecular formula is C8H15NO. The fourth-order valence-electron chi connectivity index (χ4n) is 1.55. The average molecular weight is 142 g/mol. The highest BCUT2D eigenvalue weighted by Gasteiger charge is 2.26. The van der Waals surface area contributed by atoms with E-state index in [0.29, 0.717) is 6.04 Å². The highest BCUT2D eigenvalue weighted by Crippen LogP contribution is 2.16. The van der Waals surface area contributed by atoms with Crippen LogP contribution in [0.15, 0.2) is 0 Å². The maximum atomic E-state index is 7.61. The van der Waals surface area contributed by atoms with Crippen LogP contribution in [0, 0.1) is 0 Å². The second-order valence-electron chi connectivity index (χ2n) is 3.12. The lowest BCUT2D eigenvalue weighted by Gasteiger charge is -2.39. The Hall–Kier alpha value is -0.0800. The van der Waals surface area contributed by atoms with Gasteiger partial charge < -0.3 is 4.74 Å². The Morgan fingerprint density at radius 2 is 2.20 bits per heavy atom. The standard InChI is InChI=1S/C8H15NO/c1-2-4-9(5-3-1)8-6-10-7-8/h8H,1-7H2/i2D. The molecule has 0 aromatic rings. The molecule has 0 N–H and O–H groups in total. The number of hydrogen-bond acceptors (Lipinski definition) is 2. The molecule has 58 valence electrons. The first-order valence-corrected chi connectivity index (χ1v) is 4.10. The maximum Gasteiger partial charge on any atom is 0.0645 e. The van der Waals surface area contributed by atoms with Crippen molar-refractivity contribution in [3.05, 3.63) is 0 Å². The van der Waals surface area contributed by atoms with Crippen LogP contribution in [0.4, 0.5) is 0 Å².